The molecule has 10 heteroatoms. The number of anilines is 1. The topological polar surface area (TPSA) is 108 Å². The Morgan fingerprint density at radius 2 is 1.90 bits per heavy atom. The summed E-state index contributed by atoms with van der Waals surface area (Å²) < 4.78 is 26.9. The normalized spacial score (nSPS) is 11.6. The second-order valence-corrected chi connectivity index (χ2v) is 8.86. The maximum absolute atomic E-state index is 12.8. The fourth-order valence-electron chi connectivity index (χ4n) is 2.96. The number of benzene rings is 2. The van der Waals surface area contributed by atoms with E-state index in [-0.39, 0.29) is 15.5 Å². The van der Waals surface area contributed by atoms with E-state index in [2.05, 4.69) is 20.5 Å². The van der Waals surface area contributed by atoms with Crippen molar-refractivity contribution in [1.82, 2.24) is 19.5 Å². The summed E-state index contributed by atoms with van der Waals surface area (Å²) in [6.45, 7) is 5.97. The third kappa shape index (κ3) is 4.53. The summed E-state index contributed by atoms with van der Waals surface area (Å²) in [6.07, 6.45) is 0. The molecule has 0 aliphatic rings. The average molecular weight is 448 g/mol. The smallest absolute Gasteiger partial charge is 0.257 e. The van der Waals surface area contributed by atoms with Gasteiger partial charge >= 0.3 is 0 Å². The van der Waals surface area contributed by atoms with Crippen molar-refractivity contribution in [3.05, 3.63) is 58.9 Å². The van der Waals surface area contributed by atoms with E-state index in [9.17, 15) is 13.2 Å². The Labute approximate surface area is 180 Å². The molecular weight excluding hydrogens is 426 g/mol. The number of hydrogen-bond donors (Lipinski definition) is 2. The summed E-state index contributed by atoms with van der Waals surface area (Å²) in [5.74, 6) is 0.673. The Balaban J connectivity index is 1.89. The molecule has 158 valence electrons. The zero-order valence-electron chi connectivity index (χ0n) is 16.8. The lowest BCUT2D eigenvalue weighted by molar-refractivity contribution is 0.102. The van der Waals surface area contributed by atoms with Crippen molar-refractivity contribution in [2.45, 2.75) is 25.7 Å². The first-order valence-electron chi connectivity index (χ1n) is 9.36. The SMILES string of the molecule is CCN(CC)S(=O)(=O)c1ccc(Cl)c(C(=O)Nc2cccc(-c3n[nH]c(C)n3)c2)c1. The number of aryl methyl sites for hydroxylation is 1. The van der Waals surface area contributed by atoms with Crippen LogP contribution in [0.25, 0.3) is 11.4 Å². The minimum absolute atomic E-state index is 0.0192. The van der Waals surface area contributed by atoms with Gasteiger partial charge in [0.05, 0.1) is 15.5 Å². The number of carbonyl (C=O) groups is 1. The molecule has 0 aliphatic heterocycles. The molecule has 1 aromatic heterocycles. The first-order valence-corrected chi connectivity index (χ1v) is 11.2. The van der Waals surface area contributed by atoms with Crippen molar-refractivity contribution in [2.24, 2.45) is 0 Å². The third-order valence-corrected chi connectivity index (χ3v) is 6.88. The number of aromatic nitrogens is 3. The lowest BCUT2D eigenvalue weighted by Crippen LogP contribution is -2.30. The van der Waals surface area contributed by atoms with Crippen molar-refractivity contribution in [3.8, 4) is 11.4 Å². The standard InChI is InChI=1S/C20H22ClN5O3S/c1-4-26(5-2)30(28,29)16-9-10-18(21)17(12-16)20(27)23-15-8-6-7-14(11-15)19-22-13(3)24-25-19/h6-12H,4-5H2,1-3H3,(H,23,27)(H,22,24,25). The van der Waals surface area contributed by atoms with Crippen molar-refractivity contribution in [1.29, 1.82) is 0 Å². The Kier molecular flexibility index (Phi) is 6.55. The molecule has 8 nitrogen and oxygen atoms in total. The predicted molar refractivity (Wildman–Crippen MR) is 116 cm³/mol. The minimum atomic E-state index is -3.71. The molecule has 0 bridgehead atoms. The molecule has 0 saturated carbocycles. The van der Waals surface area contributed by atoms with Crippen LogP contribution in [0, 0.1) is 6.92 Å². The van der Waals surface area contributed by atoms with Gasteiger partial charge in [0.25, 0.3) is 5.91 Å². The first-order chi connectivity index (χ1) is 14.3. The maximum Gasteiger partial charge on any atom is 0.257 e. The van der Waals surface area contributed by atoms with Crippen LogP contribution in [0.4, 0.5) is 5.69 Å². The third-order valence-electron chi connectivity index (χ3n) is 4.50. The van der Waals surface area contributed by atoms with E-state index in [4.69, 9.17) is 11.6 Å². The van der Waals surface area contributed by atoms with Gasteiger partial charge in [0, 0.05) is 24.3 Å². The Bertz CT molecular complexity index is 1170. The van der Waals surface area contributed by atoms with Gasteiger partial charge in [-0.15, -0.1) is 0 Å². The fraction of sp³-hybridized carbons (Fsp3) is 0.250. The molecule has 0 unspecified atom stereocenters. The van der Waals surface area contributed by atoms with Gasteiger partial charge in [0.1, 0.15) is 5.82 Å². The number of hydrogen-bond acceptors (Lipinski definition) is 5. The molecule has 0 spiro atoms. The number of nitrogens with one attached hydrogen (secondary N) is 2. The largest absolute Gasteiger partial charge is 0.322 e. The van der Waals surface area contributed by atoms with E-state index in [1.165, 1.54) is 22.5 Å². The first kappa shape index (κ1) is 21.9. The molecule has 3 rings (SSSR count). The molecule has 0 aliphatic carbocycles. The average Bonchev–Trinajstić information content (AvgIpc) is 3.15. The lowest BCUT2D eigenvalue weighted by Gasteiger charge is -2.19. The summed E-state index contributed by atoms with van der Waals surface area (Å²) in [4.78, 5) is 17.1. The molecule has 0 radical (unpaired) electrons. The summed E-state index contributed by atoms with van der Waals surface area (Å²) in [7, 11) is -3.71. The molecule has 0 saturated heterocycles. The van der Waals surface area contributed by atoms with Crippen LogP contribution in [0.5, 0.6) is 0 Å². The van der Waals surface area contributed by atoms with Gasteiger partial charge < -0.3 is 5.32 Å². The number of halogens is 1. The van der Waals surface area contributed by atoms with Crippen molar-refractivity contribution in [3.63, 3.8) is 0 Å². The molecule has 0 fully saturated rings. The van der Waals surface area contributed by atoms with Gasteiger partial charge in [-0.2, -0.15) is 9.40 Å². The van der Waals surface area contributed by atoms with Crippen LogP contribution in [-0.4, -0.2) is 46.9 Å². The fourth-order valence-corrected chi connectivity index (χ4v) is 4.65. The number of amides is 1. The highest BCUT2D eigenvalue weighted by molar-refractivity contribution is 7.89. The number of carbonyl (C=O) groups excluding carboxylic acids is 1. The number of nitrogens with zero attached hydrogens (tertiary/aromatic N) is 3. The molecule has 3 aromatic rings. The molecule has 0 atom stereocenters. The lowest BCUT2D eigenvalue weighted by atomic mass is 10.1. The minimum Gasteiger partial charge on any atom is -0.322 e. The van der Waals surface area contributed by atoms with E-state index in [0.29, 0.717) is 30.4 Å². The van der Waals surface area contributed by atoms with Crippen molar-refractivity contribution < 1.29 is 13.2 Å². The molecule has 2 aromatic carbocycles. The van der Waals surface area contributed by atoms with E-state index >= 15 is 0 Å². The Morgan fingerprint density at radius 1 is 1.17 bits per heavy atom. The van der Waals surface area contributed by atoms with Crippen LogP contribution in [0.3, 0.4) is 0 Å². The maximum atomic E-state index is 12.8. The molecule has 1 heterocycles. The second-order valence-electron chi connectivity index (χ2n) is 6.51. The van der Waals surface area contributed by atoms with E-state index < -0.39 is 15.9 Å². The monoisotopic (exact) mass is 447 g/mol. The zero-order chi connectivity index (χ0) is 21.9. The van der Waals surface area contributed by atoms with Gasteiger partial charge in [-0.05, 0) is 37.3 Å². The summed E-state index contributed by atoms with van der Waals surface area (Å²) in [5, 5.41) is 9.79. The Morgan fingerprint density at radius 3 is 2.53 bits per heavy atom. The number of sulfonamides is 1. The Hall–Kier alpha value is -2.75. The van der Waals surface area contributed by atoms with Crippen LogP contribution < -0.4 is 5.32 Å². The van der Waals surface area contributed by atoms with Crippen LogP contribution in [0.15, 0.2) is 47.4 Å². The van der Waals surface area contributed by atoms with Crippen LogP contribution >= 0.6 is 11.6 Å². The summed E-state index contributed by atoms with van der Waals surface area (Å²) >= 11 is 6.19. The van der Waals surface area contributed by atoms with Crippen LogP contribution in [0.1, 0.15) is 30.0 Å². The van der Waals surface area contributed by atoms with E-state index in [1.807, 2.05) is 6.07 Å². The highest BCUT2D eigenvalue weighted by Gasteiger charge is 2.24. The van der Waals surface area contributed by atoms with Crippen LogP contribution in [-0.2, 0) is 10.0 Å². The molecule has 30 heavy (non-hydrogen) atoms. The highest BCUT2D eigenvalue weighted by atomic mass is 35.5. The zero-order valence-corrected chi connectivity index (χ0v) is 18.4. The van der Waals surface area contributed by atoms with Gasteiger partial charge in [-0.25, -0.2) is 13.4 Å². The number of aromatic amines is 1. The van der Waals surface area contributed by atoms with Gasteiger partial charge in [0.15, 0.2) is 5.82 Å². The summed E-state index contributed by atoms with van der Waals surface area (Å²) in [6, 6.07) is 11.1. The molecule has 2 N–H and O–H groups in total. The van der Waals surface area contributed by atoms with Crippen molar-refractivity contribution in [2.75, 3.05) is 18.4 Å². The molecular formula is C20H22ClN5O3S. The van der Waals surface area contributed by atoms with Gasteiger partial charge in [0.2, 0.25) is 10.0 Å². The van der Waals surface area contributed by atoms with Crippen molar-refractivity contribution >= 4 is 33.2 Å². The quantitative estimate of drug-likeness (QED) is 0.573. The molecule has 1 amide bonds. The second kappa shape index (κ2) is 8.95. The van der Waals surface area contributed by atoms with E-state index in [1.54, 1.807) is 39.0 Å². The van der Waals surface area contributed by atoms with Crippen LogP contribution in [0.2, 0.25) is 5.02 Å². The predicted octanol–water partition coefficient (Wildman–Crippen LogP) is 3.72. The highest BCUT2D eigenvalue weighted by Crippen LogP contribution is 2.25. The number of rotatable bonds is 7. The van der Waals surface area contributed by atoms with Gasteiger partial charge in [-0.1, -0.05) is 37.6 Å². The number of H-pyrrole nitrogens is 1. The van der Waals surface area contributed by atoms with E-state index in [0.717, 1.165) is 5.56 Å². The van der Waals surface area contributed by atoms with Gasteiger partial charge in [-0.3, -0.25) is 9.89 Å². The summed E-state index contributed by atoms with van der Waals surface area (Å²) in [5.41, 5.74) is 1.30.